The lowest BCUT2D eigenvalue weighted by Gasteiger charge is -2.06. The van der Waals surface area contributed by atoms with Crippen LogP contribution in [0.15, 0.2) is 12.7 Å². The van der Waals surface area contributed by atoms with Gasteiger partial charge in [0.1, 0.15) is 0 Å². The molecular formula is C8H14O3. The number of carboxylic acids is 1. The Balaban J connectivity index is 3.24. The number of carboxylic acid groups (broad SMARTS) is 1. The summed E-state index contributed by atoms with van der Waals surface area (Å²) in [7, 11) is 0. The van der Waals surface area contributed by atoms with Crippen LogP contribution in [0.2, 0.25) is 0 Å². The van der Waals surface area contributed by atoms with Crippen molar-refractivity contribution in [2.45, 2.75) is 25.9 Å². The molecule has 0 fully saturated rings. The molecule has 0 aliphatic rings. The first-order chi connectivity index (χ1) is 5.18. The summed E-state index contributed by atoms with van der Waals surface area (Å²) in [6.07, 6.45) is 2.79. The van der Waals surface area contributed by atoms with E-state index in [-0.39, 0.29) is 0 Å². The van der Waals surface area contributed by atoms with Gasteiger partial charge in [0.25, 0.3) is 0 Å². The van der Waals surface area contributed by atoms with Crippen LogP contribution in [-0.2, 0) is 9.53 Å². The minimum Gasteiger partial charge on any atom is -0.479 e. The molecule has 0 saturated heterocycles. The highest BCUT2D eigenvalue weighted by atomic mass is 16.5. The molecule has 0 aliphatic heterocycles. The minimum atomic E-state index is -0.913. The van der Waals surface area contributed by atoms with Crippen molar-refractivity contribution in [3.05, 3.63) is 12.7 Å². The van der Waals surface area contributed by atoms with Crippen molar-refractivity contribution in [1.82, 2.24) is 0 Å². The third kappa shape index (κ3) is 5.61. The molecule has 1 atom stereocenters. The van der Waals surface area contributed by atoms with Crippen LogP contribution < -0.4 is 0 Å². The molecule has 0 spiro atoms. The van der Waals surface area contributed by atoms with Gasteiger partial charge in [0.05, 0.1) is 0 Å². The number of aliphatic carboxylic acids is 1. The Morgan fingerprint density at radius 1 is 1.82 bits per heavy atom. The monoisotopic (exact) mass is 158 g/mol. The van der Waals surface area contributed by atoms with Crippen molar-refractivity contribution < 1.29 is 14.6 Å². The average molecular weight is 158 g/mol. The minimum absolute atomic E-state index is 0.486. The van der Waals surface area contributed by atoms with Crippen molar-refractivity contribution in [3.63, 3.8) is 0 Å². The molecule has 0 bridgehead atoms. The number of rotatable bonds is 6. The summed E-state index contributed by atoms with van der Waals surface area (Å²) in [6.45, 7) is 5.55. The predicted octanol–water partition coefficient (Wildman–Crippen LogP) is 1.44. The molecule has 0 amide bonds. The van der Waals surface area contributed by atoms with Gasteiger partial charge in [-0.2, -0.15) is 0 Å². The van der Waals surface area contributed by atoms with E-state index in [0.717, 1.165) is 12.8 Å². The summed E-state index contributed by atoms with van der Waals surface area (Å²) < 4.78 is 4.96. The van der Waals surface area contributed by atoms with Gasteiger partial charge < -0.3 is 9.84 Å². The second-order valence-corrected chi connectivity index (χ2v) is 2.28. The van der Waals surface area contributed by atoms with Gasteiger partial charge in [-0.05, 0) is 19.8 Å². The standard InChI is InChI=1S/C8H14O3/c1-3-4-5-6-11-7(2)8(9)10/h3,7H,1,4-6H2,2H3,(H,9,10)/t7-/m0/s1. The molecule has 0 aromatic rings. The van der Waals surface area contributed by atoms with Crippen LogP contribution in [0, 0.1) is 0 Å². The largest absolute Gasteiger partial charge is 0.479 e. The van der Waals surface area contributed by atoms with Crippen LogP contribution >= 0.6 is 0 Å². The first-order valence-corrected chi connectivity index (χ1v) is 3.63. The summed E-state index contributed by atoms with van der Waals surface area (Å²) in [6, 6.07) is 0. The quantitative estimate of drug-likeness (QED) is 0.470. The molecule has 0 aromatic heterocycles. The van der Waals surface area contributed by atoms with Crippen LogP contribution in [-0.4, -0.2) is 23.8 Å². The van der Waals surface area contributed by atoms with E-state index in [9.17, 15) is 4.79 Å². The Labute approximate surface area is 66.7 Å². The zero-order valence-electron chi connectivity index (χ0n) is 6.75. The highest BCUT2D eigenvalue weighted by Crippen LogP contribution is 1.95. The van der Waals surface area contributed by atoms with Crippen molar-refractivity contribution in [2.24, 2.45) is 0 Å². The van der Waals surface area contributed by atoms with E-state index in [1.54, 1.807) is 6.08 Å². The highest BCUT2D eigenvalue weighted by molar-refractivity contribution is 5.71. The van der Waals surface area contributed by atoms with Gasteiger partial charge in [-0.1, -0.05) is 6.08 Å². The maximum absolute atomic E-state index is 10.2. The SMILES string of the molecule is C=CCCCO[C@@H](C)C(=O)O. The second kappa shape index (κ2) is 5.92. The fourth-order valence-corrected chi connectivity index (χ4v) is 0.559. The van der Waals surface area contributed by atoms with Gasteiger partial charge in [-0.3, -0.25) is 0 Å². The number of allylic oxidation sites excluding steroid dienone is 1. The van der Waals surface area contributed by atoms with Gasteiger partial charge >= 0.3 is 5.97 Å². The normalized spacial score (nSPS) is 12.5. The molecule has 0 unspecified atom stereocenters. The molecule has 0 radical (unpaired) electrons. The number of hydrogen-bond donors (Lipinski definition) is 1. The summed E-state index contributed by atoms with van der Waals surface area (Å²) in [5.74, 6) is -0.913. The summed E-state index contributed by atoms with van der Waals surface area (Å²) in [5.41, 5.74) is 0. The van der Waals surface area contributed by atoms with E-state index < -0.39 is 12.1 Å². The van der Waals surface area contributed by atoms with E-state index in [1.807, 2.05) is 0 Å². The van der Waals surface area contributed by atoms with Crippen molar-refractivity contribution in [1.29, 1.82) is 0 Å². The second-order valence-electron chi connectivity index (χ2n) is 2.28. The van der Waals surface area contributed by atoms with Crippen LogP contribution in [0.1, 0.15) is 19.8 Å². The van der Waals surface area contributed by atoms with Gasteiger partial charge in [0, 0.05) is 6.61 Å². The summed E-state index contributed by atoms with van der Waals surface area (Å²) >= 11 is 0. The number of hydrogen-bond acceptors (Lipinski definition) is 2. The molecule has 64 valence electrons. The Bertz CT molecular complexity index is 131. The number of unbranched alkanes of at least 4 members (excludes halogenated alkanes) is 1. The van der Waals surface area contributed by atoms with E-state index in [0.29, 0.717) is 6.61 Å². The average Bonchev–Trinajstić information content (AvgIpc) is 1.97. The fraction of sp³-hybridized carbons (Fsp3) is 0.625. The lowest BCUT2D eigenvalue weighted by atomic mass is 10.3. The Hall–Kier alpha value is -0.830. The van der Waals surface area contributed by atoms with E-state index in [1.165, 1.54) is 6.92 Å². The summed E-state index contributed by atoms with van der Waals surface area (Å²) in [4.78, 5) is 10.2. The molecule has 0 heterocycles. The molecular weight excluding hydrogens is 144 g/mol. The maximum atomic E-state index is 10.2. The zero-order valence-corrected chi connectivity index (χ0v) is 6.75. The van der Waals surface area contributed by atoms with Crippen molar-refractivity contribution >= 4 is 5.97 Å². The van der Waals surface area contributed by atoms with Gasteiger partial charge in [0.15, 0.2) is 6.10 Å². The van der Waals surface area contributed by atoms with Crippen molar-refractivity contribution in [3.8, 4) is 0 Å². The number of carbonyl (C=O) groups is 1. The topological polar surface area (TPSA) is 46.5 Å². The molecule has 0 aliphatic carbocycles. The Morgan fingerprint density at radius 2 is 2.45 bits per heavy atom. The third-order valence-corrected chi connectivity index (χ3v) is 1.27. The van der Waals surface area contributed by atoms with Gasteiger partial charge in [-0.15, -0.1) is 6.58 Å². The van der Waals surface area contributed by atoms with Gasteiger partial charge in [0.2, 0.25) is 0 Å². The highest BCUT2D eigenvalue weighted by Gasteiger charge is 2.09. The smallest absolute Gasteiger partial charge is 0.332 e. The molecule has 0 rings (SSSR count). The molecule has 3 nitrogen and oxygen atoms in total. The molecule has 11 heavy (non-hydrogen) atoms. The Kier molecular flexibility index (Phi) is 5.47. The fourth-order valence-electron chi connectivity index (χ4n) is 0.559. The summed E-state index contributed by atoms with van der Waals surface area (Å²) in [5, 5.41) is 8.39. The maximum Gasteiger partial charge on any atom is 0.332 e. The van der Waals surface area contributed by atoms with E-state index in [2.05, 4.69) is 6.58 Å². The zero-order chi connectivity index (χ0) is 8.69. The predicted molar refractivity (Wildman–Crippen MR) is 42.5 cm³/mol. The van der Waals surface area contributed by atoms with E-state index >= 15 is 0 Å². The van der Waals surface area contributed by atoms with Gasteiger partial charge in [-0.25, -0.2) is 4.79 Å². The first-order valence-electron chi connectivity index (χ1n) is 3.63. The first kappa shape index (κ1) is 10.2. The lowest BCUT2D eigenvalue weighted by molar-refractivity contribution is -0.149. The molecule has 3 heteroatoms. The van der Waals surface area contributed by atoms with Crippen molar-refractivity contribution in [2.75, 3.05) is 6.61 Å². The van der Waals surface area contributed by atoms with Crippen LogP contribution in [0.25, 0.3) is 0 Å². The molecule has 0 saturated carbocycles. The van der Waals surface area contributed by atoms with Crippen LogP contribution in [0.3, 0.4) is 0 Å². The molecule has 0 aromatic carbocycles. The lowest BCUT2D eigenvalue weighted by Crippen LogP contribution is -2.20. The third-order valence-electron chi connectivity index (χ3n) is 1.27. The molecule has 1 N–H and O–H groups in total. The Morgan fingerprint density at radius 3 is 2.91 bits per heavy atom. The van der Waals surface area contributed by atoms with E-state index in [4.69, 9.17) is 9.84 Å². The van der Waals surface area contributed by atoms with Crippen LogP contribution in [0.5, 0.6) is 0 Å². The van der Waals surface area contributed by atoms with Crippen LogP contribution in [0.4, 0.5) is 0 Å². The number of ether oxygens (including phenoxy) is 1.